The zero-order chi connectivity index (χ0) is 13.3. The number of aliphatic hydroxyl groups is 1. The highest BCUT2D eigenvalue weighted by atomic mass is 79.9. The molecule has 0 aromatic carbocycles. The number of nitrogens with one attached hydrogen (secondary N) is 1. The van der Waals surface area contributed by atoms with Crippen molar-refractivity contribution in [2.45, 2.75) is 18.4 Å². The summed E-state index contributed by atoms with van der Waals surface area (Å²) in [5.74, 6) is -1.49. The molecule has 5 nitrogen and oxygen atoms in total. The fraction of sp³-hybridized carbons (Fsp3) is 0.500. The number of carbonyl (C=O) groups is 1. The minimum absolute atomic E-state index is 0.358. The average Bonchev–Trinajstić information content (AvgIpc) is 2.16. The maximum Gasteiger partial charge on any atom is 0.234 e. The molecule has 0 aromatic rings. The second-order valence-electron chi connectivity index (χ2n) is 3.52. The van der Waals surface area contributed by atoms with Gasteiger partial charge in [-0.3, -0.25) is 4.79 Å². The Morgan fingerprint density at radius 2 is 1.71 bits per heavy atom. The second kappa shape index (κ2) is 5.19. The van der Waals surface area contributed by atoms with Crippen LogP contribution in [0.15, 0.2) is 21.1 Å². The number of methoxy groups -OCH3 is 2. The molecule has 17 heavy (non-hydrogen) atoms. The molecule has 1 rings (SSSR count). The van der Waals surface area contributed by atoms with Crippen LogP contribution in [0, 0.1) is 0 Å². The summed E-state index contributed by atoms with van der Waals surface area (Å²) < 4.78 is 11.4. The Bertz CT molecular complexity index is 366. The highest BCUT2D eigenvalue weighted by Crippen LogP contribution is 2.42. The molecule has 0 atom stereocenters. The van der Waals surface area contributed by atoms with Crippen LogP contribution in [-0.2, 0) is 14.3 Å². The largest absolute Gasteiger partial charge is 0.364 e. The summed E-state index contributed by atoms with van der Waals surface area (Å²) in [6.45, 7) is 1.32. The van der Waals surface area contributed by atoms with Gasteiger partial charge in [0.25, 0.3) is 0 Å². The van der Waals surface area contributed by atoms with Crippen molar-refractivity contribution >= 4 is 37.8 Å². The van der Waals surface area contributed by atoms with E-state index in [1.807, 2.05) is 0 Å². The molecule has 0 radical (unpaired) electrons. The molecule has 2 N–H and O–H groups in total. The molecule has 0 aromatic heterocycles. The Labute approximate surface area is 116 Å². The normalized spacial score (nSPS) is 21.5. The fourth-order valence-electron chi connectivity index (χ4n) is 1.56. The third-order valence-corrected chi connectivity index (χ3v) is 3.78. The molecule has 0 unspecified atom stereocenters. The number of amides is 1. The zero-order valence-corrected chi connectivity index (χ0v) is 12.8. The molecule has 0 spiro atoms. The third kappa shape index (κ3) is 2.79. The molecule has 7 heteroatoms. The van der Waals surface area contributed by atoms with Gasteiger partial charge >= 0.3 is 0 Å². The van der Waals surface area contributed by atoms with E-state index in [0.717, 1.165) is 0 Å². The van der Waals surface area contributed by atoms with Gasteiger partial charge in [-0.15, -0.1) is 0 Å². The van der Waals surface area contributed by atoms with E-state index in [1.165, 1.54) is 33.3 Å². The number of carbonyl (C=O) groups excluding carboxylic acids is 1. The first-order valence-corrected chi connectivity index (χ1v) is 6.27. The van der Waals surface area contributed by atoms with Crippen LogP contribution in [-0.4, -0.2) is 36.7 Å². The molecule has 1 amide bonds. The van der Waals surface area contributed by atoms with Crippen molar-refractivity contribution in [3.05, 3.63) is 21.1 Å². The first-order chi connectivity index (χ1) is 7.79. The molecule has 0 saturated carbocycles. The van der Waals surface area contributed by atoms with Gasteiger partial charge in [0.1, 0.15) is 0 Å². The van der Waals surface area contributed by atoms with Crippen LogP contribution in [0.25, 0.3) is 0 Å². The van der Waals surface area contributed by atoms with Crippen LogP contribution in [0.4, 0.5) is 0 Å². The zero-order valence-electron chi connectivity index (χ0n) is 9.58. The van der Waals surface area contributed by atoms with E-state index in [-0.39, 0.29) is 5.91 Å². The van der Waals surface area contributed by atoms with Crippen LogP contribution >= 0.6 is 31.9 Å². The van der Waals surface area contributed by atoms with Gasteiger partial charge in [0.2, 0.25) is 11.7 Å². The van der Waals surface area contributed by atoms with E-state index in [1.54, 1.807) is 0 Å². The standard InChI is InChI=1S/C10H13Br2NO4/c1-6(14)13-9(15)4-7(11)10(16-2,17-3)8(12)5-9/h4-5,15H,1-3H3,(H,13,14). The summed E-state index contributed by atoms with van der Waals surface area (Å²) in [5.41, 5.74) is -1.58. The lowest BCUT2D eigenvalue weighted by molar-refractivity contribution is -0.142. The highest BCUT2D eigenvalue weighted by molar-refractivity contribution is 9.12. The molecule has 0 fully saturated rings. The summed E-state index contributed by atoms with van der Waals surface area (Å²) in [6.07, 6.45) is 2.79. The minimum atomic E-state index is -1.58. The van der Waals surface area contributed by atoms with Crippen LogP contribution in [0.3, 0.4) is 0 Å². The molecule has 1 aliphatic carbocycles. The minimum Gasteiger partial charge on any atom is -0.364 e. The van der Waals surface area contributed by atoms with Crippen molar-refractivity contribution in [3.63, 3.8) is 0 Å². The Morgan fingerprint density at radius 3 is 2.00 bits per heavy atom. The maximum atomic E-state index is 11.0. The average molecular weight is 371 g/mol. The maximum absolute atomic E-state index is 11.0. The molecule has 0 aliphatic heterocycles. The van der Waals surface area contributed by atoms with Crippen molar-refractivity contribution in [1.82, 2.24) is 5.32 Å². The predicted molar refractivity (Wildman–Crippen MR) is 69.5 cm³/mol. The van der Waals surface area contributed by atoms with Gasteiger partial charge in [0, 0.05) is 21.1 Å². The van der Waals surface area contributed by atoms with E-state index in [9.17, 15) is 9.90 Å². The number of rotatable bonds is 3. The molecular weight excluding hydrogens is 358 g/mol. The Hall–Kier alpha value is -0.210. The Morgan fingerprint density at radius 1 is 1.29 bits per heavy atom. The molecule has 0 saturated heterocycles. The lowest BCUT2D eigenvalue weighted by Crippen LogP contribution is -2.50. The van der Waals surface area contributed by atoms with Gasteiger partial charge in [-0.05, 0) is 44.0 Å². The van der Waals surface area contributed by atoms with E-state index < -0.39 is 11.5 Å². The van der Waals surface area contributed by atoms with Gasteiger partial charge < -0.3 is 19.9 Å². The third-order valence-electron chi connectivity index (χ3n) is 2.27. The summed E-state index contributed by atoms with van der Waals surface area (Å²) in [6, 6.07) is 0. The van der Waals surface area contributed by atoms with Gasteiger partial charge in [-0.2, -0.15) is 0 Å². The Balaban J connectivity index is 3.17. The van der Waals surface area contributed by atoms with Crippen LogP contribution in [0.2, 0.25) is 0 Å². The van der Waals surface area contributed by atoms with E-state index in [4.69, 9.17) is 9.47 Å². The fourth-order valence-corrected chi connectivity index (χ4v) is 3.60. The summed E-state index contributed by atoms with van der Waals surface area (Å²) in [5, 5.41) is 12.5. The van der Waals surface area contributed by atoms with E-state index in [0.29, 0.717) is 8.96 Å². The van der Waals surface area contributed by atoms with Gasteiger partial charge in [0.15, 0.2) is 5.72 Å². The van der Waals surface area contributed by atoms with E-state index in [2.05, 4.69) is 37.2 Å². The van der Waals surface area contributed by atoms with E-state index >= 15 is 0 Å². The number of halogens is 2. The molecule has 96 valence electrons. The molecule has 0 bridgehead atoms. The molecule has 1 aliphatic rings. The van der Waals surface area contributed by atoms with Crippen molar-refractivity contribution in [1.29, 1.82) is 0 Å². The van der Waals surface area contributed by atoms with Crippen LogP contribution in [0.5, 0.6) is 0 Å². The number of hydrogen-bond acceptors (Lipinski definition) is 4. The first-order valence-electron chi connectivity index (χ1n) is 4.69. The van der Waals surface area contributed by atoms with Crippen molar-refractivity contribution in [2.75, 3.05) is 14.2 Å². The van der Waals surface area contributed by atoms with Gasteiger partial charge in [0.05, 0.1) is 8.96 Å². The Kier molecular flexibility index (Phi) is 4.54. The monoisotopic (exact) mass is 369 g/mol. The SMILES string of the molecule is COC1(OC)C(Br)=CC(O)(NC(C)=O)C=C1Br. The highest BCUT2D eigenvalue weighted by Gasteiger charge is 2.44. The number of hydrogen-bond donors (Lipinski definition) is 2. The van der Waals surface area contributed by atoms with Crippen molar-refractivity contribution in [2.24, 2.45) is 0 Å². The van der Waals surface area contributed by atoms with Gasteiger partial charge in [-0.25, -0.2) is 0 Å². The topological polar surface area (TPSA) is 67.8 Å². The van der Waals surface area contributed by atoms with Gasteiger partial charge in [-0.1, -0.05) is 0 Å². The molecular formula is C10H13Br2NO4. The lowest BCUT2D eigenvalue weighted by atomic mass is 10.0. The quantitative estimate of drug-likeness (QED) is 0.736. The van der Waals surface area contributed by atoms with Crippen LogP contribution in [0.1, 0.15) is 6.92 Å². The van der Waals surface area contributed by atoms with Crippen molar-refractivity contribution in [3.8, 4) is 0 Å². The number of ether oxygens (including phenoxy) is 2. The summed E-state index contributed by atoms with van der Waals surface area (Å²) in [7, 11) is 2.94. The summed E-state index contributed by atoms with van der Waals surface area (Å²) in [4.78, 5) is 11.0. The van der Waals surface area contributed by atoms with Crippen molar-refractivity contribution < 1.29 is 19.4 Å². The van der Waals surface area contributed by atoms with Crippen LogP contribution < -0.4 is 5.32 Å². The second-order valence-corrected chi connectivity index (χ2v) is 5.22. The lowest BCUT2D eigenvalue weighted by Gasteiger charge is -2.37. The molecule has 0 heterocycles. The smallest absolute Gasteiger partial charge is 0.234 e. The summed E-state index contributed by atoms with van der Waals surface area (Å²) >= 11 is 6.53. The predicted octanol–water partition coefficient (Wildman–Crippen LogP) is 1.37. The first kappa shape index (κ1) is 14.8.